The number of rotatable bonds is 5. The highest BCUT2D eigenvalue weighted by molar-refractivity contribution is 4.95. The van der Waals surface area contributed by atoms with Crippen LogP contribution in [-0.2, 0) is 0 Å². The van der Waals surface area contributed by atoms with Crippen LogP contribution in [0.25, 0.3) is 0 Å². The number of hydrogen-bond donors (Lipinski definition) is 1. The van der Waals surface area contributed by atoms with Crippen LogP contribution < -0.4 is 5.32 Å². The molecule has 2 unspecified atom stereocenters. The van der Waals surface area contributed by atoms with E-state index in [9.17, 15) is 5.26 Å². The number of hydrogen-bond acceptors (Lipinski definition) is 2. The molecule has 1 aliphatic carbocycles. The minimum atomic E-state index is 0.0584. The van der Waals surface area contributed by atoms with Crippen LogP contribution in [0.2, 0.25) is 0 Å². The number of nitrogens with zero attached hydrogens (tertiary/aromatic N) is 1. The van der Waals surface area contributed by atoms with Gasteiger partial charge in [0.05, 0.1) is 12.1 Å². The molecular weight excluding hydrogens is 196 g/mol. The van der Waals surface area contributed by atoms with E-state index in [1.54, 1.807) is 0 Å². The molecule has 0 aromatic carbocycles. The second kappa shape index (κ2) is 7.68. The Kier molecular flexibility index (Phi) is 6.49. The van der Waals surface area contributed by atoms with E-state index in [2.05, 4.69) is 25.2 Å². The Bertz CT molecular complexity index is 211. The quantitative estimate of drug-likeness (QED) is 0.721. The second-order valence-electron chi connectivity index (χ2n) is 5.23. The molecule has 0 saturated heterocycles. The van der Waals surface area contributed by atoms with Crippen molar-refractivity contribution in [3.8, 4) is 6.07 Å². The molecule has 0 amide bonds. The van der Waals surface area contributed by atoms with Gasteiger partial charge in [0.2, 0.25) is 0 Å². The Labute approximate surface area is 100 Å². The average molecular weight is 222 g/mol. The van der Waals surface area contributed by atoms with Gasteiger partial charge < -0.3 is 0 Å². The zero-order valence-corrected chi connectivity index (χ0v) is 10.8. The van der Waals surface area contributed by atoms with Crippen molar-refractivity contribution in [1.82, 2.24) is 5.32 Å². The molecule has 1 fully saturated rings. The molecule has 16 heavy (non-hydrogen) atoms. The Morgan fingerprint density at radius 1 is 1.25 bits per heavy atom. The molecule has 0 heterocycles. The molecule has 0 aromatic heterocycles. The molecule has 2 heteroatoms. The molecule has 2 nitrogen and oxygen atoms in total. The van der Waals surface area contributed by atoms with E-state index in [-0.39, 0.29) is 6.04 Å². The molecule has 1 N–H and O–H groups in total. The van der Waals surface area contributed by atoms with Crippen molar-refractivity contribution in [1.29, 1.82) is 5.26 Å². The van der Waals surface area contributed by atoms with Gasteiger partial charge in [-0.05, 0) is 25.2 Å². The maximum absolute atomic E-state index is 9.21. The van der Waals surface area contributed by atoms with Crippen molar-refractivity contribution in [2.45, 2.75) is 77.3 Å². The highest BCUT2D eigenvalue weighted by Gasteiger charge is 2.20. The molecule has 1 rings (SSSR count). The maximum atomic E-state index is 9.21. The van der Waals surface area contributed by atoms with Crippen molar-refractivity contribution >= 4 is 0 Å². The third kappa shape index (κ3) is 4.53. The SMILES string of the molecule is CCCC(C)C(C#N)NC1CCCCCC1. The first-order valence-corrected chi connectivity index (χ1v) is 6.93. The fraction of sp³-hybridized carbons (Fsp3) is 0.929. The lowest BCUT2D eigenvalue weighted by molar-refractivity contribution is 0.350. The summed E-state index contributed by atoms with van der Waals surface area (Å²) in [6.07, 6.45) is 10.3. The minimum absolute atomic E-state index is 0.0584. The molecule has 1 aliphatic rings. The molecular formula is C14H26N2. The Hall–Kier alpha value is -0.550. The standard InChI is InChI=1S/C14H26N2/c1-3-8-12(2)14(11-15)16-13-9-6-4-5-7-10-13/h12-14,16H,3-10H2,1-2H3. The van der Waals surface area contributed by atoms with Gasteiger partial charge >= 0.3 is 0 Å². The summed E-state index contributed by atoms with van der Waals surface area (Å²) in [5, 5.41) is 12.8. The van der Waals surface area contributed by atoms with Crippen LogP contribution in [0, 0.1) is 17.2 Å². The molecule has 92 valence electrons. The van der Waals surface area contributed by atoms with Crippen LogP contribution >= 0.6 is 0 Å². The lowest BCUT2D eigenvalue weighted by Crippen LogP contribution is -2.41. The summed E-state index contributed by atoms with van der Waals surface area (Å²) in [6, 6.07) is 3.09. The first-order valence-electron chi connectivity index (χ1n) is 6.93. The summed E-state index contributed by atoms with van der Waals surface area (Å²) >= 11 is 0. The van der Waals surface area contributed by atoms with Crippen molar-refractivity contribution < 1.29 is 0 Å². The third-order valence-corrected chi connectivity index (χ3v) is 3.72. The van der Waals surface area contributed by atoms with Crippen molar-refractivity contribution in [3.05, 3.63) is 0 Å². The summed E-state index contributed by atoms with van der Waals surface area (Å²) < 4.78 is 0. The van der Waals surface area contributed by atoms with Gasteiger partial charge in [-0.1, -0.05) is 46.0 Å². The minimum Gasteiger partial charge on any atom is -0.299 e. The highest BCUT2D eigenvalue weighted by atomic mass is 15.0. The monoisotopic (exact) mass is 222 g/mol. The van der Waals surface area contributed by atoms with Crippen molar-refractivity contribution in [3.63, 3.8) is 0 Å². The largest absolute Gasteiger partial charge is 0.299 e. The number of nitriles is 1. The zero-order valence-electron chi connectivity index (χ0n) is 10.8. The second-order valence-corrected chi connectivity index (χ2v) is 5.23. The van der Waals surface area contributed by atoms with E-state index in [1.165, 1.54) is 44.9 Å². The fourth-order valence-electron chi connectivity index (χ4n) is 2.65. The van der Waals surface area contributed by atoms with Gasteiger partial charge in [0.25, 0.3) is 0 Å². The van der Waals surface area contributed by atoms with Gasteiger partial charge in [0.15, 0.2) is 0 Å². The highest BCUT2D eigenvalue weighted by Crippen LogP contribution is 2.19. The molecule has 0 bridgehead atoms. The van der Waals surface area contributed by atoms with Crippen LogP contribution in [0.15, 0.2) is 0 Å². The summed E-state index contributed by atoms with van der Waals surface area (Å²) in [4.78, 5) is 0. The molecule has 0 spiro atoms. The smallest absolute Gasteiger partial charge is 0.0980 e. The maximum Gasteiger partial charge on any atom is 0.0980 e. The first-order chi connectivity index (χ1) is 7.77. The van der Waals surface area contributed by atoms with Crippen LogP contribution in [0.4, 0.5) is 0 Å². The predicted octanol–water partition coefficient (Wildman–Crippen LogP) is 3.63. The topological polar surface area (TPSA) is 35.8 Å². The summed E-state index contributed by atoms with van der Waals surface area (Å²) in [7, 11) is 0. The van der Waals surface area contributed by atoms with E-state index in [4.69, 9.17) is 0 Å². The normalized spacial score (nSPS) is 22.1. The Balaban J connectivity index is 2.39. The molecule has 1 saturated carbocycles. The first kappa shape index (κ1) is 13.5. The van der Waals surface area contributed by atoms with Crippen LogP contribution in [-0.4, -0.2) is 12.1 Å². The molecule has 0 radical (unpaired) electrons. The van der Waals surface area contributed by atoms with Gasteiger partial charge in [0, 0.05) is 6.04 Å². The van der Waals surface area contributed by atoms with Gasteiger partial charge in [0.1, 0.15) is 0 Å². The zero-order chi connectivity index (χ0) is 11.8. The average Bonchev–Trinajstić information content (AvgIpc) is 2.54. The predicted molar refractivity (Wildman–Crippen MR) is 68.1 cm³/mol. The van der Waals surface area contributed by atoms with Gasteiger partial charge in [-0.3, -0.25) is 5.32 Å². The van der Waals surface area contributed by atoms with E-state index in [1.807, 2.05) is 0 Å². The van der Waals surface area contributed by atoms with Crippen LogP contribution in [0.5, 0.6) is 0 Å². The van der Waals surface area contributed by atoms with Gasteiger partial charge in [-0.2, -0.15) is 5.26 Å². The molecule has 0 aromatic rings. The van der Waals surface area contributed by atoms with Gasteiger partial charge in [-0.25, -0.2) is 0 Å². The fourth-order valence-corrected chi connectivity index (χ4v) is 2.65. The van der Waals surface area contributed by atoms with E-state index >= 15 is 0 Å². The summed E-state index contributed by atoms with van der Waals surface area (Å²) in [5.41, 5.74) is 0. The summed E-state index contributed by atoms with van der Waals surface area (Å²) in [6.45, 7) is 4.39. The lowest BCUT2D eigenvalue weighted by atomic mass is 9.96. The molecule has 0 aliphatic heterocycles. The van der Waals surface area contributed by atoms with Crippen molar-refractivity contribution in [2.75, 3.05) is 0 Å². The van der Waals surface area contributed by atoms with Crippen LogP contribution in [0.3, 0.4) is 0 Å². The lowest BCUT2D eigenvalue weighted by Gasteiger charge is -2.24. The Morgan fingerprint density at radius 2 is 1.88 bits per heavy atom. The molecule has 2 atom stereocenters. The van der Waals surface area contributed by atoms with Crippen LogP contribution in [0.1, 0.15) is 65.2 Å². The summed E-state index contributed by atoms with van der Waals surface area (Å²) in [5.74, 6) is 0.484. The Morgan fingerprint density at radius 3 is 2.38 bits per heavy atom. The third-order valence-electron chi connectivity index (χ3n) is 3.72. The van der Waals surface area contributed by atoms with E-state index in [0.29, 0.717) is 12.0 Å². The number of nitrogens with one attached hydrogen (secondary N) is 1. The van der Waals surface area contributed by atoms with E-state index < -0.39 is 0 Å². The van der Waals surface area contributed by atoms with Crippen molar-refractivity contribution in [2.24, 2.45) is 5.92 Å². The van der Waals surface area contributed by atoms with E-state index in [0.717, 1.165) is 6.42 Å². The van der Waals surface area contributed by atoms with Gasteiger partial charge in [-0.15, -0.1) is 0 Å².